The Balaban J connectivity index is 1.72. The van der Waals surface area contributed by atoms with E-state index in [0.717, 1.165) is 5.56 Å². The van der Waals surface area contributed by atoms with Gasteiger partial charge in [-0.2, -0.15) is 13.9 Å². The fourth-order valence-corrected chi connectivity index (χ4v) is 2.23. The number of alkyl halides is 2. The van der Waals surface area contributed by atoms with Gasteiger partial charge in [-0.05, 0) is 29.9 Å². The highest BCUT2D eigenvalue weighted by atomic mass is 32.2. The molecule has 0 unspecified atom stereocenters. The summed E-state index contributed by atoms with van der Waals surface area (Å²) in [5, 5.41) is 7.33. The number of hydrogen-bond donors (Lipinski definition) is 2. The van der Waals surface area contributed by atoms with Crippen molar-refractivity contribution in [1.82, 2.24) is 10.7 Å². The molecule has 0 bridgehead atoms. The predicted molar refractivity (Wildman–Crippen MR) is 92.6 cm³/mol. The standard InChI is InChI=1S/C15H15F2N3OS2/c16-14(17)23-10-13-7-6-12(21-13)9-19-20-15(22)18-8-11-4-2-1-3-5-11/h1-7,9,14H,8,10H2,(H2,18,20,22)/b19-9-. The van der Waals surface area contributed by atoms with Gasteiger partial charge in [-0.1, -0.05) is 42.1 Å². The lowest BCUT2D eigenvalue weighted by Crippen LogP contribution is -2.31. The minimum Gasteiger partial charge on any atom is -0.459 e. The van der Waals surface area contributed by atoms with Gasteiger partial charge in [0.25, 0.3) is 5.76 Å². The van der Waals surface area contributed by atoms with Crippen molar-refractivity contribution in [2.75, 3.05) is 0 Å². The zero-order chi connectivity index (χ0) is 16.5. The Hall–Kier alpha value is -1.93. The summed E-state index contributed by atoms with van der Waals surface area (Å²) in [5.74, 6) is -1.35. The first-order chi connectivity index (χ1) is 11.1. The lowest BCUT2D eigenvalue weighted by atomic mass is 10.2. The minimum atomic E-state index is -2.41. The summed E-state index contributed by atoms with van der Waals surface area (Å²) in [5.41, 5.74) is 3.77. The molecule has 122 valence electrons. The molecule has 2 aromatic rings. The second kappa shape index (κ2) is 9.26. The molecular weight excluding hydrogens is 340 g/mol. The van der Waals surface area contributed by atoms with Gasteiger partial charge >= 0.3 is 0 Å². The molecule has 0 amide bonds. The van der Waals surface area contributed by atoms with Crippen LogP contribution in [0.15, 0.2) is 52.0 Å². The van der Waals surface area contributed by atoms with Crippen LogP contribution in [0, 0.1) is 0 Å². The first-order valence-electron chi connectivity index (χ1n) is 6.73. The van der Waals surface area contributed by atoms with Gasteiger partial charge in [0.2, 0.25) is 0 Å². The summed E-state index contributed by atoms with van der Waals surface area (Å²) in [4.78, 5) is 0. The Morgan fingerprint density at radius 3 is 2.78 bits per heavy atom. The van der Waals surface area contributed by atoms with Crippen molar-refractivity contribution in [1.29, 1.82) is 0 Å². The van der Waals surface area contributed by atoms with Crippen LogP contribution in [0.5, 0.6) is 0 Å². The fourth-order valence-electron chi connectivity index (χ4n) is 1.66. The number of nitrogens with zero attached hydrogens (tertiary/aromatic N) is 1. The molecule has 0 aliphatic carbocycles. The number of nitrogens with one attached hydrogen (secondary N) is 2. The first kappa shape index (κ1) is 17.4. The van der Waals surface area contributed by atoms with Crippen LogP contribution < -0.4 is 10.7 Å². The number of benzene rings is 1. The largest absolute Gasteiger partial charge is 0.459 e. The molecule has 2 rings (SSSR count). The highest BCUT2D eigenvalue weighted by molar-refractivity contribution is 7.98. The maximum Gasteiger partial charge on any atom is 0.284 e. The smallest absolute Gasteiger partial charge is 0.284 e. The molecule has 4 nitrogen and oxygen atoms in total. The summed E-state index contributed by atoms with van der Waals surface area (Å²) >= 11 is 5.60. The van der Waals surface area contributed by atoms with E-state index in [1.807, 2.05) is 30.3 Å². The van der Waals surface area contributed by atoms with Crippen LogP contribution in [0.2, 0.25) is 0 Å². The predicted octanol–water partition coefficient (Wildman–Crippen LogP) is 3.73. The monoisotopic (exact) mass is 355 g/mol. The maximum absolute atomic E-state index is 12.1. The zero-order valence-electron chi connectivity index (χ0n) is 12.0. The molecule has 0 fully saturated rings. The average molecular weight is 355 g/mol. The molecule has 1 aromatic heterocycles. The molecule has 8 heteroatoms. The molecule has 0 saturated carbocycles. The van der Waals surface area contributed by atoms with Crippen LogP contribution in [0.4, 0.5) is 8.78 Å². The number of hydrazone groups is 1. The van der Waals surface area contributed by atoms with Gasteiger partial charge in [0.1, 0.15) is 11.5 Å². The zero-order valence-corrected chi connectivity index (χ0v) is 13.7. The Bertz CT molecular complexity index is 647. The van der Waals surface area contributed by atoms with Crippen LogP contribution in [-0.4, -0.2) is 17.1 Å². The molecule has 0 spiro atoms. The maximum atomic E-state index is 12.1. The molecule has 0 saturated heterocycles. The van der Waals surface area contributed by atoms with Crippen LogP contribution in [0.1, 0.15) is 17.1 Å². The lowest BCUT2D eigenvalue weighted by Gasteiger charge is -2.06. The van der Waals surface area contributed by atoms with Gasteiger partial charge in [-0.15, -0.1) is 0 Å². The molecule has 1 aromatic carbocycles. The molecule has 0 atom stereocenters. The molecule has 23 heavy (non-hydrogen) atoms. The highest BCUT2D eigenvalue weighted by Gasteiger charge is 2.06. The van der Waals surface area contributed by atoms with E-state index in [1.54, 1.807) is 12.1 Å². The number of rotatable bonds is 7. The molecule has 1 heterocycles. The molecule has 0 aliphatic rings. The minimum absolute atomic E-state index is 0.121. The van der Waals surface area contributed by atoms with Crippen LogP contribution in [0.25, 0.3) is 0 Å². The van der Waals surface area contributed by atoms with E-state index < -0.39 is 5.76 Å². The number of halogens is 2. The summed E-state index contributed by atoms with van der Waals surface area (Å²) in [6.45, 7) is 0.595. The number of thiocarbonyl (C=S) groups is 1. The summed E-state index contributed by atoms with van der Waals surface area (Å²) in [7, 11) is 0. The molecule has 2 N–H and O–H groups in total. The lowest BCUT2D eigenvalue weighted by molar-refractivity contribution is 0.251. The second-order valence-electron chi connectivity index (χ2n) is 4.41. The van der Waals surface area contributed by atoms with Crippen molar-refractivity contribution in [3.05, 3.63) is 59.5 Å². The average Bonchev–Trinajstić information content (AvgIpc) is 3.00. The SMILES string of the molecule is FC(F)SCc1ccc(/C=N\NC(=S)NCc2ccccc2)o1. The number of furan rings is 1. The van der Waals surface area contributed by atoms with E-state index in [4.69, 9.17) is 16.6 Å². The quantitative estimate of drug-likeness (QED) is 0.450. The van der Waals surface area contributed by atoms with Crippen LogP contribution in [0.3, 0.4) is 0 Å². The van der Waals surface area contributed by atoms with Gasteiger partial charge in [0.05, 0.1) is 12.0 Å². The third-order valence-electron chi connectivity index (χ3n) is 2.69. The van der Waals surface area contributed by atoms with Crippen molar-refractivity contribution in [2.45, 2.75) is 18.1 Å². The third kappa shape index (κ3) is 6.79. The molecule has 0 aliphatic heterocycles. The third-order valence-corrected chi connectivity index (χ3v) is 3.63. The van der Waals surface area contributed by atoms with Crippen molar-refractivity contribution < 1.29 is 13.2 Å². The fraction of sp³-hybridized carbons (Fsp3) is 0.200. The van der Waals surface area contributed by atoms with Gasteiger partial charge in [0.15, 0.2) is 5.11 Å². The van der Waals surface area contributed by atoms with Gasteiger partial charge in [-0.25, -0.2) is 0 Å². The van der Waals surface area contributed by atoms with E-state index in [1.165, 1.54) is 6.21 Å². The van der Waals surface area contributed by atoms with Crippen molar-refractivity contribution >= 4 is 35.3 Å². The van der Waals surface area contributed by atoms with E-state index in [0.29, 0.717) is 34.9 Å². The van der Waals surface area contributed by atoms with E-state index in [2.05, 4.69) is 15.8 Å². The van der Waals surface area contributed by atoms with Crippen molar-refractivity contribution in [3.8, 4) is 0 Å². The van der Waals surface area contributed by atoms with Gasteiger partial charge in [0, 0.05) is 6.54 Å². The summed E-state index contributed by atoms with van der Waals surface area (Å²) < 4.78 is 29.5. The topological polar surface area (TPSA) is 49.6 Å². The Morgan fingerprint density at radius 1 is 1.26 bits per heavy atom. The number of hydrogen-bond acceptors (Lipinski definition) is 4. The van der Waals surface area contributed by atoms with Crippen LogP contribution in [-0.2, 0) is 12.3 Å². The van der Waals surface area contributed by atoms with Crippen LogP contribution >= 0.6 is 24.0 Å². The highest BCUT2D eigenvalue weighted by Crippen LogP contribution is 2.20. The normalized spacial score (nSPS) is 11.1. The summed E-state index contributed by atoms with van der Waals surface area (Å²) in [6.07, 6.45) is 1.44. The van der Waals surface area contributed by atoms with Gasteiger partial charge < -0.3 is 9.73 Å². The Kier molecular flexibility index (Phi) is 7.02. The summed E-state index contributed by atoms with van der Waals surface area (Å²) in [6, 6.07) is 13.1. The first-order valence-corrected chi connectivity index (χ1v) is 8.18. The molecule has 0 radical (unpaired) electrons. The van der Waals surface area contributed by atoms with E-state index in [9.17, 15) is 8.78 Å². The van der Waals surface area contributed by atoms with Crippen molar-refractivity contribution in [3.63, 3.8) is 0 Å². The molecular formula is C15H15F2N3OS2. The number of thioether (sulfide) groups is 1. The van der Waals surface area contributed by atoms with Crippen molar-refractivity contribution in [2.24, 2.45) is 5.10 Å². The van der Waals surface area contributed by atoms with E-state index in [-0.39, 0.29) is 5.75 Å². The van der Waals surface area contributed by atoms with Gasteiger partial charge in [-0.3, -0.25) is 5.43 Å². The Morgan fingerprint density at radius 2 is 2.04 bits per heavy atom. The Labute approximate surface area is 142 Å². The second-order valence-corrected chi connectivity index (χ2v) is 5.80. The van der Waals surface area contributed by atoms with E-state index >= 15 is 0 Å².